The predicted octanol–water partition coefficient (Wildman–Crippen LogP) is 6.25. The van der Waals surface area contributed by atoms with Crippen LogP contribution in [-0.4, -0.2) is 24.1 Å². The van der Waals surface area contributed by atoms with Gasteiger partial charge in [0.25, 0.3) is 0 Å². The molecule has 4 aliphatic carbocycles. The van der Waals surface area contributed by atoms with Gasteiger partial charge in [0, 0.05) is 11.5 Å². The number of carbonyl (C=O) groups is 2. The first-order chi connectivity index (χ1) is 17.0. The molecular formula is C31H41NO4. The van der Waals surface area contributed by atoms with E-state index in [-0.39, 0.29) is 22.7 Å². The smallest absolute Gasteiger partial charge is 0.331 e. The maximum Gasteiger partial charge on any atom is 0.331 e. The number of allylic oxidation sites excluding steroid dienone is 3. The van der Waals surface area contributed by atoms with Gasteiger partial charge in [0.05, 0.1) is 12.6 Å². The fraction of sp³-hybridized carbons (Fsp3) is 0.613. The number of carbonyl (C=O) groups excluding carboxylic acids is 1. The molecule has 1 amide bonds. The molecule has 6 atom stereocenters. The van der Waals surface area contributed by atoms with Crippen LogP contribution in [-0.2, 0) is 15.1 Å². The van der Waals surface area contributed by atoms with Crippen LogP contribution in [0.25, 0.3) is 0 Å². The standard InChI is InChI=1S/C31H41NO4/c1-29(2,20-6-9-22(36-5)10-7-20)32-27(33)26-13-12-24-23-11-8-21-18-19(28(34)35)14-16-30(21,3)25(23)15-17-31(24,26)4/h6-10,18,23-26H,11-17H2,1-5H3,(H,32,33)(H,34,35)/t23-,24-,25-,26+,30-,31-/m0/s1. The molecule has 0 heterocycles. The Balaban J connectivity index is 1.34. The summed E-state index contributed by atoms with van der Waals surface area (Å²) in [7, 11) is 1.66. The summed E-state index contributed by atoms with van der Waals surface area (Å²) in [6.07, 6.45) is 11.1. The van der Waals surface area contributed by atoms with Gasteiger partial charge in [-0.05, 0) is 117 Å². The lowest BCUT2D eigenvalue weighted by Crippen LogP contribution is -2.52. The van der Waals surface area contributed by atoms with E-state index in [1.807, 2.05) is 30.3 Å². The first-order valence-corrected chi connectivity index (χ1v) is 13.6. The van der Waals surface area contributed by atoms with Crippen molar-refractivity contribution in [3.05, 3.63) is 53.1 Å². The fourth-order valence-electron chi connectivity index (χ4n) is 8.40. The Labute approximate surface area is 215 Å². The normalized spacial score (nSPS) is 35.5. The Morgan fingerprint density at radius 2 is 1.78 bits per heavy atom. The molecule has 1 aromatic rings. The van der Waals surface area contributed by atoms with Crippen LogP contribution in [0.2, 0.25) is 0 Å². The van der Waals surface area contributed by atoms with Crippen molar-refractivity contribution in [2.24, 2.45) is 34.5 Å². The van der Waals surface area contributed by atoms with Crippen LogP contribution >= 0.6 is 0 Å². The third kappa shape index (κ3) is 3.90. The summed E-state index contributed by atoms with van der Waals surface area (Å²) in [4.78, 5) is 25.3. The second-order valence-electron chi connectivity index (χ2n) is 12.7. The number of rotatable bonds is 5. The second-order valence-corrected chi connectivity index (χ2v) is 12.7. The summed E-state index contributed by atoms with van der Waals surface area (Å²) in [6, 6.07) is 7.96. The SMILES string of the molecule is COc1ccc(C(C)(C)NC(=O)[C@H]2CC[C@H]3[C@@H]4CC=C5C=C(C(=O)O)CC[C@]5(C)[C@H]4CC[C@]23C)cc1. The van der Waals surface area contributed by atoms with Gasteiger partial charge in [0.2, 0.25) is 5.91 Å². The molecule has 0 spiro atoms. The molecule has 5 nitrogen and oxygen atoms in total. The van der Waals surface area contributed by atoms with Crippen molar-refractivity contribution in [3.63, 3.8) is 0 Å². The van der Waals surface area contributed by atoms with Crippen LogP contribution in [0.1, 0.15) is 78.2 Å². The molecule has 2 saturated carbocycles. The Kier molecular flexibility index (Phi) is 6.12. The van der Waals surface area contributed by atoms with Crippen molar-refractivity contribution in [3.8, 4) is 5.75 Å². The number of fused-ring (bicyclic) bond motifs is 5. The number of amides is 1. The van der Waals surface area contributed by atoms with Gasteiger partial charge >= 0.3 is 5.97 Å². The Bertz CT molecular complexity index is 1120. The maximum absolute atomic E-state index is 13.8. The van der Waals surface area contributed by atoms with E-state index in [9.17, 15) is 14.7 Å². The fourth-order valence-corrected chi connectivity index (χ4v) is 8.40. The van der Waals surface area contributed by atoms with Crippen molar-refractivity contribution >= 4 is 11.9 Å². The quantitative estimate of drug-likeness (QED) is 0.511. The second kappa shape index (κ2) is 8.78. The van der Waals surface area contributed by atoms with E-state index in [2.05, 4.69) is 39.1 Å². The van der Waals surface area contributed by atoms with Crippen LogP contribution in [0.15, 0.2) is 47.6 Å². The highest BCUT2D eigenvalue weighted by Gasteiger charge is 2.59. The third-order valence-corrected chi connectivity index (χ3v) is 10.6. The average molecular weight is 492 g/mol. The average Bonchev–Trinajstić information content (AvgIpc) is 3.20. The third-order valence-electron chi connectivity index (χ3n) is 10.6. The number of nitrogens with one attached hydrogen (secondary N) is 1. The van der Waals surface area contributed by atoms with E-state index in [4.69, 9.17) is 4.74 Å². The van der Waals surface area contributed by atoms with Crippen molar-refractivity contribution in [2.75, 3.05) is 7.11 Å². The van der Waals surface area contributed by atoms with E-state index < -0.39 is 11.5 Å². The molecule has 2 N–H and O–H groups in total. The van der Waals surface area contributed by atoms with Gasteiger partial charge in [-0.15, -0.1) is 0 Å². The van der Waals surface area contributed by atoms with Gasteiger partial charge in [0.1, 0.15) is 5.75 Å². The van der Waals surface area contributed by atoms with E-state index in [1.54, 1.807) is 7.11 Å². The Hall–Kier alpha value is -2.56. The molecule has 5 heteroatoms. The lowest BCUT2D eigenvalue weighted by molar-refractivity contribution is -0.133. The summed E-state index contributed by atoms with van der Waals surface area (Å²) >= 11 is 0. The van der Waals surface area contributed by atoms with Crippen LogP contribution in [0, 0.1) is 34.5 Å². The van der Waals surface area contributed by atoms with E-state index in [1.165, 1.54) is 5.57 Å². The number of hydrogen-bond donors (Lipinski definition) is 2. The minimum atomic E-state index is -0.779. The molecule has 1 aromatic carbocycles. The van der Waals surface area contributed by atoms with Gasteiger partial charge in [0.15, 0.2) is 0 Å². The first-order valence-electron chi connectivity index (χ1n) is 13.6. The van der Waals surface area contributed by atoms with Crippen molar-refractivity contribution in [1.82, 2.24) is 5.32 Å². The highest BCUT2D eigenvalue weighted by atomic mass is 16.5. The Morgan fingerprint density at radius 3 is 2.44 bits per heavy atom. The number of methoxy groups -OCH3 is 1. The number of benzene rings is 1. The number of ether oxygens (including phenoxy) is 1. The summed E-state index contributed by atoms with van der Waals surface area (Å²) in [5, 5.41) is 12.9. The number of aliphatic carboxylic acids is 1. The molecule has 2 fully saturated rings. The largest absolute Gasteiger partial charge is 0.497 e. The summed E-state index contributed by atoms with van der Waals surface area (Å²) < 4.78 is 5.30. The zero-order valence-electron chi connectivity index (χ0n) is 22.4. The first kappa shape index (κ1) is 25.1. The molecule has 0 aliphatic heterocycles. The maximum atomic E-state index is 13.8. The van der Waals surface area contributed by atoms with Crippen LogP contribution in [0.5, 0.6) is 5.75 Å². The van der Waals surface area contributed by atoms with E-state index >= 15 is 0 Å². The molecule has 0 bridgehead atoms. The van der Waals surface area contributed by atoms with E-state index in [0.29, 0.717) is 29.7 Å². The van der Waals surface area contributed by atoms with Crippen molar-refractivity contribution in [2.45, 2.75) is 78.2 Å². The van der Waals surface area contributed by atoms with E-state index in [0.717, 1.165) is 49.8 Å². The number of carboxylic acid groups (broad SMARTS) is 1. The molecule has 194 valence electrons. The molecule has 36 heavy (non-hydrogen) atoms. The van der Waals surface area contributed by atoms with Crippen LogP contribution in [0.4, 0.5) is 0 Å². The highest BCUT2D eigenvalue weighted by Crippen LogP contribution is 2.66. The van der Waals surface area contributed by atoms with Gasteiger partial charge < -0.3 is 15.2 Å². The van der Waals surface area contributed by atoms with Gasteiger partial charge in [-0.1, -0.05) is 32.1 Å². The van der Waals surface area contributed by atoms with Gasteiger partial charge in [-0.3, -0.25) is 4.79 Å². The molecule has 0 unspecified atom stereocenters. The molecule has 0 radical (unpaired) electrons. The molecule has 5 rings (SSSR count). The number of carboxylic acids is 1. The zero-order valence-corrected chi connectivity index (χ0v) is 22.4. The monoisotopic (exact) mass is 491 g/mol. The minimum Gasteiger partial charge on any atom is -0.497 e. The molecular weight excluding hydrogens is 450 g/mol. The van der Waals surface area contributed by atoms with Crippen molar-refractivity contribution in [1.29, 1.82) is 0 Å². The van der Waals surface area contributed by atoms with Gasteiger partial charge in [-0.2, -0.15) is 0 Å². The summed E-state index contributed by atoms with van der Waals surface area (Å²) in [5.41, 5.74) is 2.48. The van der Waals surface area contributed by atoms with Crippen LogP contribution in [0.3, 0.4) is 0 Å². The van der Waals surface area contributed by atoms with Crippen LogP contribution < -0.4 is 10.1 Å². The zero-order chi connectivity index (χ0) is 25.9. The Morgan fingerprint density at radius 1 is 1.06 bits per heavy atom. The topological polar surface area (TPSA) is 75.6 Å². The minimum absolute atomic E-state index is 0.0136. The lowest BCUT2D eigenvalue weighted by Gasteiger charge is -2.57. The lowest BCUT2D eigenvalue weighted by atomic mass is 9.48. The highest BCUT2D eigenvalue weighted by molar-refractivity contribution is 5.87. The molecule has 0 saturated heterocycles. The molecule has 4 aliphatic rings. The molecule has 0 aromatic heterocycles. The predicted molar refractivity (Wildman–Crippen MR) is 140 cm³/mol. The summed E-state index contributed by atoms with van der Waals surface area (Å²) in [6.45, 7) is 8.89. The summed E-state index contributed by atoms with van der Waals surface area (Å²) in [5.74, 6) is 1.93. The van der Waals surface area contributed by atoms with Crippen molar-refractivity contribution < 1.29 is 19.4 Å². The number of hydrogen-bond acceptors (Lipinski definition) is 3. The van der Waals surface area contributed by atoms with Gasteiger partial charge in [-0.25, -0.2) is 4.79 Å².